The minimum absolute atomic E-state index is 0.0285. The van der Waals surface area contributed by atoms with Gasteiger partial charge in [0.2, 0.25) is 0 Å². The molecular weight excluding hydrogens is 673 g/mol. The van der Waals surface area contributed by atoms with Crippen LogP contribution in [0.25, 0.3) is 11.3 Å². The summed E-state index contributed by atoms with van der Waals surface area (Å²) in [5.41, 5.74) is 6.91. The Hall–Kier alpha value is -5.87. The molecule has 3 aliphatic heterocycles. The second kappa shape index (κ2) is 13.4. The maximum atomic E-state index is 13.4. The molecule has 260 valence electrons. The van der Waals surface area contributed by atoms with E-state index >= 15 is 0 Å². The van der Waals surface area contributed by atoms with Crippen LogP contribution in [0.4, 0.5) is 5.69 Å². The van der Waals surface area contributed by atoms with Crippen molar-refractivity contribution in [2.75, 3.05) is 24.5 Å². The van der Waals surface area contributed by atoms with Crippen molar-refractivity contribution in [3.63, 3.8) is 0 Å². The Balaban J connectivity index is 0.907. The Bertz CT molecular complexity index is 2250. The van der Waals surface area contributed by atoms with Crippen LogP contribution in [0.1, 0.15) is 55.1 Å². The van der Waals surface area contributed by atoms with Gasteiger partial charge in [-0.25, -0.2) is 0 Å². The van der Waals surface area contributed by atoms with Gasteiger partial charge < -0.3 is 19.9 Å². The number of carboxylic acids is 1. The predicted molar refractivity (Wildman–Crippen MR) is 201 cm³/mol. The summed E-state index contributed by atoms with van der Waals surface area (Å²) in [4.78, 5) is 63.8. The molecular formula is C42H36N4O5S. The van der Waals surface area contributed by atoms with Gasteiger partial charge in [0.15, 0.2) is 5.78 Å². The fourth-order valence-electron chi connectivity index (χ4n) is 7.55. The van der Waals surface area contributed by atoms with Gasteiger partial charge in [0.1, 0.15) is 5.54 Å². The summed E-state index contributed by atoms with van der Waals surface area (Å²) in [5.74, 6) is -2.16. The number of nitrogens with one attached hydrogen (secondary N) is 1. The normalized spacial score (nSPS) is 20.6. The quantitative estimate of drug-likeness (QED) is 0.172. The minimum Gasteiger partial charge on any atom is -0.481 e. The van der Waals surface area contributed by atoms with Crippen LogP contribution in [-0.2, 0) is 28.0 Å². The molecule has 2 aromatic heterocycles. The molecule has 3 unspecified atom stereocenters. The van der Waals surface area contributed by atoms with Crippen LogP contribution in [0.15, 0.2) is 119 Å². The number of benzene rings is 3. The molecule has 0 saturated carbocycles. The molecule has 0 bridgehead atoms. The Morgan fingerprint density at radius 2 is 1.73 bits per heavy atom. The van der Waals surface area contributed by atoms with Crippen LogP contribution in [0.2, 0.25) is 0 Å². The van der Waals surface area contributed by atoms with Crippen molar-refractivity contribution in [3.8, 4) is 11.3 Å². The SMILES string of the molecule is CC1(c2ccc(C3CN(C(=O)c4cccs4)CC3C(=O)O)cc2)C=C(C(=O)Cc2ccc(-c3cc(C(=O)N4CCc5ccccc54)c[nH]3)cc2)C=N1. The highest BCUT2D eigenvalue weighted by atomic mass is 32.1. The number of aromatic amines is 1. The Morgan fingerprint density at radius 1 is 0.942 bits per heavy atom. The zero-order chi connectivity index (χ0) is 36.0. The number of aliphatic imine (C=N–C) groups is 1. The number of fused-ring (bicyclic) bond motifs is 1. The first-order valence-corrected chi connectivity index (χ1v) is 18.2. The molecule has 5 heterocycles. The number of amides is 2. The summed E-state index contributed by atoms with van der Waals surface area (Å²) in [6, 6.07) is 28.9. The van der Waals surface area contributed by atoms with E-state index in [4.69, 9.17) is 4.99 Å². The molecule has 5 aromatic rings. The third kappa shape index (κ3) is 6.19. The van der Waals surface area contributed by atoms with E-state index in [0.717, 1.165) is 40.1 Å². The van der Waals surface area contributed by atoms with E-state index in [1.165, 1.54) is 16.9 Å². The highest BCUT2D eigenvalue weighted by Crippen LogP contribution is 2.37. The number of carboxylic acid groups (broad SMARTS) is 1. The first kappa shape index (κ1) is 33.3. The van der Waals surface area contributed by atoms with Gasteiger partial charge in [-0.3, -0.25) is 24.2 Å². The van der Waals surface area contributed by atoms with Crippen molar-refractivity contribution < 1.29 is 24.3 Å². The van der Waals surface area contributed by atoms with Crippen molar-refractivity contribution >= 4 is 46.8 Å². The van der Waals surface area contributed by atoms with E-state index in [9.17, 15) is 24.3 Å². The number of aromatic nitrogens is 1. The number of allylic oxidation sites excluding steroid dienone is 1. The molecule has 3 atom stereocenters. The van der Waals surface area contributed by atoms with Crippen LogP contribution in [0.3, 0.4) is 0 Å². The largest absolute Gasteiger partial charge is 0.481 e. The number of para-hydroxylation sites is 1. The van der Waals surface area contributed by atoms with E-state index < -0.39 is 17.4 Å². The third-order valence-electron chi connectivity index (χ3n) is 10.5. The Kier molecular flexibility index (Phi) is 8.55. The van der Waals surface area contributed by atoms with Gasteiger partial charge in [0.05, 0.1) is 16.4 Å². The number of H-pyrrole nitrogens is 1. The standard InChI is InChI=1S/C42H36N4O5S/c1-42(32-14-12-27(13-15-32)33-24-45(25-34(33)41(50)51)40(49)38-7-4-18-52-38)21-31(23-44-42)37(47)19-26-8-10-28(11-9-26)35-20-30(22-43-35)39(48)46-17-16-29-5-2-3-6-36(29)46/h2-15,18,20-23,33-34,43H,16-17,19,24-25H2,1H3,(H,50,51). The van der Waals surface area contributed by atoms with Crippen LogP contribution in [-0.4, -0.2) is 64.4 Å². The lowest BCUT2D eigenvalue weighted by molar-refractivity contribution is -0.141. The van der Waals surface area contributed by atoms with Gasteiger partial charge in [0.25, 0.3) is 11.8 Å². The van der Waals surface area contributed by atoms with Crippen LogP contribution < -0.4 is 4.90 Å². The van der Waals surface area contributed by atoms with Gasteiger partial charge in [-0.05, 0) is 70.8 Å². The Labute approximate surface area is 304 Å². The molecule has 8 rings (SSSR count). The topological polar surface area (TPSA) is 123 Å². The molecule has 1 fully saturated rings. The van der Waals surface area contributed by atoms with Crippen molar-refractivity contribution in [2.24, 2.45) is 10.9 Å². The number of Topliss-reactive ketones (excluding diaryl/α,β-unsaturated/α-hetero) is 1. The molecule has 0 aliphatic carbocycles. The fraction of sp³-hybridized carbons (Fsp3) is 0.214. The molecule has 52 heavy (non-hydrogen) atoms. The van der Waals surface area contributed by atoms with Crippen molar-refractivity contribution in [1.82, 2.24) is 9.88 Å². The van der Waals surface area contributed by atoms with E-state index in [0.29, 0.717) is 29.1 Å². The van der Waals surface area contributed by atoms with Gasteiger partial charge in [-0.15, -0.1) is 11.3 Å². The number of rotatable bonds is 9. The molecule has 1 saturated heterocycles. The molecule has 3 aliphatic rings. The van der Waals surface area contributed by atoms with E-state index in [2.05, 4.69) is 11.1 Å². The van der Waals surface area contributed by atoms with Gasteiger partial charge >= 0.3 is 5.97 Å². The number of carbonyl (C=O) groups is 4. The lowest BCUT2D eigenvalue weighted by atomic mass is 9.86. The predicted octanol–water partition coefficient (Wildman–Crippen LogP) is 6.92. The van der Waals surface area contributed by atoms with Gasteiger partial charge in [-0.1, -0.05) is 72.8 Å². The molecule has 9 nitrogen and oxygen atoms in total. The number of ketones is 1. The summed E-state index contributed by atoms with van der Waals surface area (Å²) in [6.07, 6.45) is 6.33. The molecule has 2 N–H and O–H groups in total. The second-order valence-corrected chi connectivity index (χ2v) is 14.7. The third-order valence-corrected chi connectivity index (χ3v) is 11.4. The summed E-state index contributed by atoms with van der Waals surface area (Å²) in [6.45, 7) is 3.12. The number of likely N-dealkylation sites (tertiary alicyclic amines) is 1. The maximum Gasteiger partial charge on any atom is 0.308 e. The van der Waals surface area contributed by atoms with Crippen molar-refractivity contribution in [2.45, 2.75) is 31.2 Å². The molecule has 0 radical (unpaired) electrons. The summed E-state index contributed by atoms with van der Waals surface area (Å²) < 4.78 is 0. The first-order valence-electron chi connectivity index (χ1n) is 17.3. The van der Waals surface area contributed by atoms with Crippen molar-refractivity contribution in [3.05, 3.63) is 147 Å². The number of hydrogen-bond acceptors (Lipinski definition) is 6. The van der Waals surface area contributed by atoms with E-state index in [1.54, 1.807) is 23.4 Å². The van der Waals surface area contributed by atoms with Crippen molar-refractivity contribution in [1.29, 1.82) is 0 Å². The number of aliphatic carboxylic acids is 1. The second-order valence-electron chi connectivity index (χ2n) is 13.8. The summed E-state index contributed by atoms with van der Waals surface area (Å²) in [7, 11) is 0. The average Bonchev–Trinajstić information content (AvgIpc) is 4.01. The lowest BCUT2D eigenvalue weighted by Crippen LogP contribution is -2.29. The zero-order valence-electron chi connectivity index (χ0n) is 28.5. The molecule has 0 spiro atoms. The number of thiophene rings is 1. The highest BCUT2D eigenvalue weighted by Gasteiger charge is 2.41. The first-order chi connectivity index (χ1) is 25.2. The summed E-state index contributed by atoms with van der Waals surface area (Å²) >= 11 is 1.35. The molecule has 10 heteroatoms. The monoisotopic (exact) mass is 708 g/mol. The van der Waals surface area contributed by atoms with Crippen LogP contribution >= 0.6 is 11.3 Å². The lowest BCUT2D eigenvalue weighted by Gasteiger charge is -2.21. The minimum atomic E-state index is -0.918. The number of carbonyl (C=O) groups excluding carboxylic acids is 3. The smallest absolute Gasteiger partial charge is 0.308 e. The number of nitrogens with zero attached hydrogens (tertiary/aromatic N) is 3. The maximum absolute atomic E-state index is 13.4. The van der Waals surface area contributed by atoms with Gasteiger partial charge in [0, 0.05) is 61.3 Å². The zero-order valence-corrected chi connectivity index (χ0v) is 29.3. The van der Waals surface area contributed by atoms with Crippen LogP contribution in [0.5, 0.6) is 0 Å². The van der Waals surface area contributed by atoms with E-state index in [1.807, 2.05) is 102 Å². The average molecular weight is 709 g/mol. The number of hydrogen-bond donors (Lipinski definition) is 2. The highest BCUT2D eigenvalue weighted by molar-refractivity contribution is 7.12. The molecule has 3 aromatic carbocycles. The molecule has 2 amide bonds. The fourth-order valence-corrected chi connectivity index (χ4v) is 8.24. The van der Waals surface area contributed by atoms with E-state index in [-0.39, 0.29) is 36.5 Å². The number of anilines is 1. The van der Waals surface area contributed by atoms with Crippen LogP contribution in [0, 0.1) is 5.92 Å². The summed E-state index contributed by atoms with van der Waals surface area (Å²) in [5, 5.41) is 11.8. The van der Waals surface area contributed by atoms with Gasteiger partial charge in [-0.2, -0.15) is 0 Å². The Morgan fingerprint density at radius 3 is 2.48 bits per heavy atom.